The maximum atomic E-state index is 11.3. The van der Waals surface area contributed by atoms with Gasteiger partial charge in [0.25, 0.3) is 0 Å². The van der Waals surface area contributed by atoms with Crippen molar-refractivity contribution >= 4 is 6.09 Å². The van der Waals surface area contributed by atoms with Gasteiger partial charge in [0.15, 0.2) is 0 Å². The van der Waals surface area contributed by atoms with Crippen LogP contribution in [0.5, 0.6) is 0 Å². The lowest BCUT2D eigenvalue weighted by Crippen LogP contribution is -2.61. The number of carbonyl (C=O) groups excluding carboxylic acids is 1. The second-order valence-corrected chi connectivity index (χ2v) is 4.01. The van der Waals surface area contributed by atoms with Crippen LogP contribution in [0.3, 0.4) is 0 Å². The van der Waals surface area contributed by atoms with Gasteiger partial charge in [0, 0.05) is 26.2 Å². The second-order valence-electron chi connectivity index (χ2n) is 4.01. The van der Waals surface area contributed by atoms with Crippen LogP contribution < -0.4 is 0 Å². The summed E-state index contributed by atoms with van der Waals surface area (Å²) in [4.78, 5) is 15.4. The molecule has 4 nitrogen and oxygen atoms in total. The van der Waals surface area contributed by atoms with Crippen LogP contribution in [0, 0.1) is 0 Å². The molecule has 1 aliphatic rings. The highest BCUT2D eigenvalue weighted by molar-refractivity contribution is 5.67. The van der Waals surface area contributed by atoms with E-state index in [1.807, 2.05) is 6.92 Å². The molecule has 0 atom stereocenters. The molecule has 0 aromatic heterocycles. The van der Waals surface area contributed by atoms with Gasteiger partial charge < -0.3 is 9.64 Å². The number of rotatable bonds is 3. The molecule has 0 aromatic rings. The van der Waals surface area contributed by atoms with Gasteiger partial charge in [-0.3, -0.25) is 4.90 Å². The van der Waals surface area contributed by atoms with Crippen molar-refractivity contribution < 1.29 is 9.53 Å². The quantitative estimate of drug-likeness (QED) is 0.685. The number of amides is 1. The van der Waals surface area contributed by atoms with E-state index in [4.69, 9.17) is 4.74 Å². The molecule has 0 saturated carbocycles. The highest BCUT2D eigenvalue weighted by atomic mass is 16.6. The lowest BCUT2D eigenvalue weighted by atomic mass is 10.1. The summed E-state index contributed by atoms with van der Waals surface area (Å²) in [5.41, 5.74) is 0. The van der Waals surface area contributed by atoms with E-state index < -0.39 is 0 Å². The van der Waals surface area contributed by atoms with E-state index in [9.17, 15) is 4.79 Å². The van der Waals surface area contributed by atoms with Crippen LogP contribution in [0.25, 0.3) is 0 Å². The van der Waals surface area contributed by atoms with Crippen LogP contribution in [0.15, 0.2) is 0 Å². The summed E-state index contributed by atoms with van der Waals surface area (Å²) < 4.78 is 4.92. The fourth-order valence-electron chi connectivity index (χ4n) is 1.53. The topological polar surface area (TPSA) is 32.8 Å². The number of ether oxygens (including phenoxy) is 1. The molecule has 0 spiro atoms. The van der Waals surface area contributed by atoms with E-state index in [0.717, 1.165) is 13.1 Å². The van der Waals surface area contributed by atoms with Crippen LogP contribution in [0.1, 0.15) is 20.8 Å². The minimum atomic E-state index is -0.207. The van der Waals surface area contributed by atoms with E-state index in [1.54, 1.807) is 11.9 Å². The first-order valence-electron chi connectivity index (χ1n) is 5.19. The van der Waals surface area contributed by atoms with Gasteiger partial charge in [-0.05, 0) is 20.8 Å². The minimum absolute atomic E-state index is 0.207. The normalized spacial score (nSPS) is 18.1. The van der Waals surface area contributed by atoms with Gasteiger partial charge in [-0.2, -0.15) is 0 Å². The summed E-state index contributed by atoms with van der Waals surface area (Å²) in [6, 6.07) is 0.901. The van der Waals surface area contributed by atoms with E-state index in [-0.39, 0.29) is 6.09 Å². The molecule has 0 aliphatic carbocycles. The van der Waals surface area contributed by atoms with Crippen LogP contribution in [0.4, 0.5) is 4.79 Å². The number of carbonyl (C=O) groups is 1. The molecule has 0 bridgehead atoms. The standard InChI is InChI=1S/C10H20N2O2/c1-5-14-10(13)11(4)9-6-12(7-9)8(2)3/h8-9H,5-7H2,1-4H3. The van der Waals surface area contributed by atoms with Gasteiger partial charge in [-0.25, -0.2) is 4.79 Å². The molecule has 0 aromatic carbocycles. The Morgan fingerprint density at radius 1 is 1.57 bits per heavy atom. The van der Waals surface area contributed by atoms with E-state index in [2.05, 4.69) is 18.7 Å². The third-order valence-corrected chi connectivity index (χ3v) is 2.72. The van der Waals surface area contributed by atoms with Gasteiger partial charge in [-0.15, -0.1) is 0 Å². The fraction of sp³-hybridized carbons (Fsp3) is 0.900. The average molecular weight is 200 g/mol. The molecule has 1 rings (SSSR count). The smallest absolute Gasteiger partial charge is 0.409 e. The third-order valence-electron chi connectivity index (χ3n) is 2.72. The van der Waals surface area contributed by atoms with Crippen molar-refractivity contribution in [3.8, 4) is 0 Å². The van der Waals surface area contributed by atoms with Gasteiger partial charge in [0.1, 0.15) is 0 Å². The lowest BCUT2D eigenvalue weighted by Gasteiger charge is -2.45. The lowest BCUT2D eigenvalue weighted by molar-refractivity contribution is 0.0205. The predicted molar refractivity (Wildman–Crippen MR) is 55.3 cm³/mol. The molecule has 1 fully saturated rings. The van der Waals surface area contributed by atoms with E-state index >= 15 is 0 Å². The predicted octanol–water partition coefficient (Wildman–Crippen LogP) is 1.17. The average Bonchev–Trinajstić information content (AvgIpc) is 2.00. The summed E-state index contributed by atoms with van der Waals surface area (Å²) in [6.45, 7) is 8.54. The summed E-state index contributed by atoms with van der Waals surface area (Å²) >= 11 is 0. The van der Waals surface area contributed by atoms with E-state index in [0.29, 0.717) is 18.7 Å². The Labute approximate surface area is 85.8 Å². The largest absolute Gasteiger partial charge is 0.450 e. The molecule has 0 unspecified atom stereocenters. The third kappa shape index (κ3) is 2.38. The Morgan fingerprint density at radius 3 is 2.57 bits per heavy atom. The Bertz CT molecular complexity index is 200. The van der Waals surface area contributed by atoms with Gasteiger partial charge in [0.05, 0.1) is 12.6 Å². The van der Waals surface area contributed by atoms with Crippen molar-refractivity contribution in [1.29, 1.82) is 0 Å². The second kappa shape index (κ2) is 4.64. The Kier molecular flexibility index (Phi) is 3.75. The van der Waals surface area contributed by atoms with Crippen LogP contribution in [-0.2, 0) is 4.74 Å². The van der Waals surface area contributed by atoms with E-state index in [1.165, 1.54) is 0 Å². The summed E-state index contributed by atoms with van der Waals surface area (Å²) in [5.74, 6) is 0. The minimum Gasteiger partial charge on any atom is -0.450 e. The maximum absolute atomic E-state index is 11.3. The summed E-state index contributed by atoms with van der Waals surface area (Å²) in [7, 11) is 1.81. The molecular weight excluding hydrogens is 180 g/mol. The number of nitrogens with zero attached hydrogens (tertiary/aromatic N) is 2. The summed E-state index contributed by atoms with van der Waals surface area (Å²) in [5, 5.41) is 0. The monoisotopic (exact) mass is 200 g/mol. The van der Waals surface area contributed by atoms with Gasteiger partial charge >= 0.3 is 6.09 Å². The molecule has 14 heavy (non-hydrogen) atoms. The highest BCUT2D eigenvalue weighted by Crippen LogP contribution is 2.16. The molecular formula is C10H20N2O2. The first kappa shape index (κ1) is 11.3. The Hall–Kier alpha value is -0.770. The first-order valence-corrected chi connectivity index (χ1v) is 5.19. The maximum Gasteiger partial charge on any atom is 0.409 e. The molecule has 0 N–H and O–H groups in total. The zero-order valence-corrected chi connectivity index (χ0v) is 9.49. The number of likely N-dealkylation sites (N-methyl/N-ethyl adjacent to an activating group) is 1. The van der Waals surface area contributed by atoms with Crippen molar-refractivity contribution in [2.75, 3.05) is 26.7 Å². The molecule has 4 heteroatoms. The number of hydrogen-bond acceptors (Lipinski definition) is 3. The Balaban J connectivity index is 2.28. The number of likely N-dealkylation sites (tertiary alicyclic amines) is 1. The van der Waals surface area contributed by atoms with Crippen LogP contribution in [-0.4, -0.2) is 54.7 Å². The Morgan fingerprint density at radius 2 is 2.14 bits per heavy atom. The highest BCUT2D eigenvalue weighted by Gasteiger charge is 2.33. The van der Waals surface area contributed by atoms with Gasteiger partial charge in [-0.1, -0.05) is 0 Å². The van der Waals surface area contributed by atoms with Crippen molar-refractivity contribution in [3.63, 3.8) is 0 Å². The zero-order chi connectivity index (χ0) is 10.7. The molecule has 1 aliphatic heterocycles. The van der Waals surface area contributed by atoms with Crippen LogP contribution >= 0.6 is 0 Å². The molecule has 1 saturated heterocycles. The SMILES string of the molecule is CCOC(=O)N(C)C1CN(C(C)C)C1. The molecule has 1 heterocycles. The molecule has 1 amide bonds. The zero-order valence-electron chi connectivity index (χ0n) is 9.49. The first-order chi connectivity index (χ1) is 6.56. The molecule has 82 valence electrons. The van der Waals surface area contributed by atoms with Crippen LogP contribution in [0.2, 0.25) is 0 Å². The summed E-state index contributed by atoms with van der Waals surface area (Å²) in [6.07, 6.45) is -0.207. The van der Waals surface area contributed by atoms with Gasteiger partial charge in [0.2, 0.25) is 0 Å². The van der Waals surface area contributed by atoms with Crippen molar-refractivity contribution in [3.05, 3.63) is 0 Å². The number of hydrogen-bond donors (Lipinski definition) is 0. The fourth-order valence-corrected chi connectivity index (χ4v) is 1.53. The van der Waals surface area contributed by atoms with Crippen molar-refractivity contribution in [2.45, 2.75) is 32.9 Å². The van der Waals surface area contributed by atoms with Crippen molar-refractivity contribution in [2.24, 2.45) is 0 Å². The molecule has 0 radical (unpaired) electrons. The van der Waals surface area contributed by atoms with Crippen molar-refractivity contribution in [1.82, 2.24) is 9.80 Å².